The molecule has 1 N–H and O–H groups in total. The van der Waals surface area contributed by atoms with Gasteiger partial charge >= 0.3 is 0 Å². The summed E-state index contributed by atoms with van der Waals surface area (Å²) in [6, 6.07) is 19.2. The molecule has 0 fully saturated rings. The van der Waals surface area contributed by atoms with Crippen LogP contribution in [0.15, 0.2) is 71.6 Å². The molecule has 0 atom stereocenters. The topological polar surface area (TPSA) is 66.5 Å². The number of hydrogen-bond acceptors (Lipinski definition) is 3. The number of rotatable bonds is 7. The maximum Gasteiger partial charge on any atom is 0.243 e. The Morgan fingerprint density at radius 2 is 1.45 bits per heavy atom. The Bertz CT molecular complexity index is 1150. The van der Waals surface area contributed by atoms with Gasteiger partial charge in [0.1, 0.15) is 0 Å². The standard InChI is InChI=1S/C24H25ClN2O3S/c1-17-4-6-20(7-5-17)15-27(31(29,30)23-10-8-21(25)9-11-23)16-24(28)26-22-13-18(2)12-19(3)14-22/h4-14H,15-16H2,1-3H3,(H,26,28). The third kappa shape index (κ3) is 6.17. The number of benzene rings is 3. The van der Waals surface area contributed by atoms with Crippen molar-refractivity contribution < 1.29 is 13.2 Å². The summed E-state index contributed by atoms with van der Waals surface area (Å²) < 4.78 is 27.8. The molecule has 1 amide bonds. The van der Waals surface area contributed by atoms with Crippen molar-refractivity contribution in [1.82, 2.24) is 4.31 Å². The van der Waals surface area contributed by atoms with Crippen molar-refractivity contribution >= 4 is 33.2 Å². The van der Waals surface area contributed by atoms with E-state index in [0.717, 1.165) is 22.3 Å². The predicted molar refractivity (Wildman–Crippen MR) is 125 cm³/mol. The molecule has 0 heterocycles. The molecule has 0 bridgehead atoms. The van der Waals surface area contributed by atoms with Crippen LogP contribution in [0.1, 0.15) is 22.3 Å². The number of sulfonamides is 1. The minimum atomic E-state index is -3.92. The Morgan fingerprint density at radius 1 is 0.871 bits per heavy atom. The molecule has 0 aliphatic carbocycles. The summed E-state index contributed by atoms with van der Waals surface area (Å²) in [7, 11) is -3.92. The molecule has 0 aliphatic heterocycles. The first kappa shape index (κ1) is 23.0. The molecule has 162 valence electrons. The Hall–Kier alpha value is -2.67. The number of carbonyl (C=O) groups excluding carboxylic acids is 1. The van der Waals surface area contributed by atoms with Crippen molar-refractivity contribution in [2.45, 2.75) is 32.2 Å². The number of amides is 1. The first-order valence-electron chi connectivity index (χ1n) is 9.83. The number of aryl methyl sites for hydroxylation is 3. The van der Waals surface area contributed by atoms with E-state index in [1.807, 2.05) is 63.2 Å². The van der Waals surface area contributed by atoms with Crippen molar-refractivity contribution in [2.75, 3.05) is 11.9 Å². The van der Waals surface area contributed by atoms with Gasteiger partial charge in [-0.25, -0.2) is 8.42 Å². The fourth-order valence-electron chi connectivity index (χ4n) is 3.29. The molecule has 3 aromatic rings. The van der Waals surface area contributed by atoms with Gasteiger partial charge in [-0.2, -0.15) is 4.31 Å². The van der Waals surface area contributed by atoms with E-state index in [9.17, 15) is 13.2 Å². The van der Waals surface area contributed by atoms with Crippen LogP contribution in [0.25, 0.3) is 0 Å². The van der Waals surface area contributed by atoms with E-state index < -0.39 is 15.9 Å². The van der Waals surface area contributed by atoms with Crippen LogP contribution in [-0.2, 0) is 21.4 Å². The Morgan fingerprint density at radius 3 is 2.03 bits per heavy atom. The van der Waals surface area contributed by atoms with Crippen molar-refractivity contribution in [1.29, 1.82) is 0 Å². The van der Waals surface area contributed by atoms with Gasteiger partial charge in [-0.1, -0.05) is 47.5 Å². The molecule has 3 rings (SSSR count). The van der Waals surface area contributed by atoms with Crippen LogP contribution in [0.4, 0.5) is 5.69 Å². The van der Waals surface area contributed by atoms with Gasteiger partial charge in [0.05, 0.1) is 11.4 Å². The van der Waals surface area contributed by atoms with Gasteiger partial charge < -0.3 is 5.32 Å². The molecular weight excluding hydrogens is 432 g/mol. The van der Waals surface area contributed by atoms with E-state index in [1.165, 1.54) is 28.6 Å². The highest BCUT2D eigenvalue weighted by Crippen LogP contribution is 2.21. The quantitative estimate of drug-likeness (QED) is 0.538. The number of carbonyl (C=O) groups is 1. The SMILES string of the molecule is Cc1ccc(CN(CC(=O)Nc2cc(C)cc(C)c2)S(=O)(=O)c2ccc(Cl)cc2)cc1. The van der Waals surface area contributed by atoms with Crippen molar-refractivity contribution in [3.8, 4) is 0 Å². The van der Waals surface area contributed by atoms with Crippen LogP contribution < -0.4 is 5.32 Å². The van der Waals surface area contributed by atoms with Gasteiger partial charge in [0, 0.05) is 17.3 Å². The maximum absolute atomic E-state index is 13.3. The first-order valence-corrected chi connectivity index (χ1v) is 11.6. The molecule has 5 nitrogen and oxygen atoms in total. The predicted octanol–water partition coefficient (Wildman–Crippen LogP) is 5.09. The van der Waals surface area contributed by atoms with Gasteiger partial charge in [-0.05, 0) is 73.9 Å². The summed E-state index contributed by atoms with van der Waals surface area (Å²) in [5, 5.41) is 3.26. The van der Waals surface area contributed by atoms with Crippen LogP contribution in [0.2, 0.25) is 5.02 Å². The normalized spacial score (nSPS) is 11.5. The third-order valence-corrected chi connectivity index (χ3v) is 6.81. The molecule has 3 aromatic carbocycles. The Balaban J connectivity index is 1.88. The van der Waals surface area contributed by atoms with Gasteiger partial charge in [0.25, 0.3) is 0 Å². The highest BCUT2D eigenvalue weighted by Gasteiger charge is 2.27. The maximum atomic E-state index is 13.3. The van der Waals surface area contributed by atoms with Gasteiger partial charge in [-0.3, -0.25) is 4.79 Å². The summed E-state index contributed by atoms with van der Waals surface area (Å²) in [4.78, 5) is 12.9. The minimum Gasteiger partial charge on any atom is -0.325 e. The highest BCUT2D eigenvalue weighted by molar-refractivity contribution is 7.89. The smallest absolute Gasteiger partial charge is 0.243 e. The third-order valence-electron chi connectivity index (χ3n) is 4.76. The monoisotopic (exact) mass is 456 g/mol. The second-order valence-electron chi connectivity index (χ2n) is 7.64. The molecule has 0 unspecified atom stereocenters. The van der Waals surface area contributed by atoms with Gasteiger partial charge in [-0.15, -0.1) is 0 Å². The first-order chi connectivity index (χ1) is 14.6. The largest absolute Gasteiger partial charge is 0.325 e. The summed E-state index contributed by atoms with van der Waals surface area (Å²) >= 11 is 5.91. The van der Waals surface area contributed by atoms with Crippen molar-refractivity contribution in [3.05, 3.63) is 94.0 Å². The molecule has 0 radical (unpaired) electrons. The fourth-order valence-corrected chi connectivity index (χ4v) is 4.80. The number of anilines is 1. The lowest BCUT2D eigenvalue weighted by Gasteiger charge is -2.22. The van der Waals surface area contributed by atoms with Crippen LogP contribution in [0, 0.1) is 20.8 Å². The summed E-state index contributed by atoms with van der Waals surface area (Å²) in [6.07, 6.45) is 0. The fraction of sp³-hybridized carbons (Fsp3) is 0.208. The Kier molecular flexibility index (Phi) is 7.15. The second-order valence-corrected chi connectivity index (χ2v) is 10.0. The van der Waals surface area contributed by atoms with Crippen LogP contribution in [0.3, 0.4) is 0 Å². The summed E-state index contributed by atoms with van der Waals surface area (Å²) in [6.45, 7) is 5.61. The van der Waals surface area contributed by atoms with E-state index >= 15 is 0 Å². The second kappa shape index (κ2) is 9.64. The molecule has 31 heavy (non-hydrogen) atoms. The lowest BCUT2D eigenvalue weighted by Crippen LogP contribution is -2.37. The molecule has 0 aromatic heterocycles. The van der Waals surface area contributed by atoms with Crippen LogP contribution in [-0.4, -0.2) is 25.2 Å². The van der Waals surface area contributed by atoms with E-state index in [-0.39, 0.29) is 18.0 Å². The minimum absolute atomic E-state index is 0.0749. The average Bonchev–Trinajstić information content (AvgIpc) is 2.68. The van der Waals surface area contributed by atoms with E-state index in [0.29, 0.717) is 10.7 Å². The van der Waals surface area contributed by atoms with Gasteiger partial charge in [0.15, 0.2) is 0 Å². The average molecular weight is 457 g/mol. The van der Waals surface area contributed by atoms with Crippen molar-refractivity contribution in [2.24, 2.45) is 0 Å². The zero-order valence-electron chi connectivity index (χ0n) is 17.7. The molecule has 0 saturated carbocycles. The lowest BCUT2D eigenvalue weighted by atomic mass is 10.1. The molecule has 0 saturated heterocycles. The van der Waals surface area contributed by atoms with E-state index in [4.69, 9.17) is 11.6 Å². The van der Waals surface area contributed by atoms with E-state index in [2.05, 4.69) is 5.32 Å². The molecular formula is C24H25ClN2O3S. The van der Waals surface area contributed by atoms with Crippen LogP contribution >= 0.6 is 11.6 Å². The summed E-state index contributed by atoms with van der Waals surface area (Å²) in [5.74, 6) is -0.408. The van der Waals surface area contributed by atoms with Crippen molar-refractivity contribution in [3.63, 3.8) is 0 Å². The number of hydrogen-bond donors (Lipinski definition) is 1. The molecule has 7 heteroatoms. The molecule has 0 aliphatic rings. The Labute approximate surface area is 188 Å². The molecule has 0 spiro atoms. The zero-order valence-corrected chi connectivity index (χ0v) is 19.3. The number of nitrogens with zero attached hydrogens (tertiary/aromatic N) is 1. The highest BCUT2D eigenvalue weighted by atomic mass is 35.5. The van der Waals surface area contributed by atoms with Gasteiger partial charge in [0.2, 0.25) is 15.9 Å². The van der Waals surface area contributed by atoms with Crippen LogP contribution in [0.5, 0.6) is 0 Å². The number of nitrogens with one attached hydrogen (secondary N) is 1. The lowest BCUT2D eigenvalue weighted by molar-refractivity contribution is -0.116. The number of halogens is 1. The summed E-state index contributed by atoms with van der Waals surface area (Å²) in [5.41, 5.74) is 4.54. The van der Waals surface area contributed by atoms with E-state index in [1.54, 1.807) is 0 Å². The zero-order chi connectivity index (χ0) is 22.6.